The standard InChI is InChI=1S/C18H16Cl2N4O3S/c1-26-14-5-3-10(19)7-12(14)17-22-23-18(28-9-16(21)25)24(17)11-4-6-15(27-2)13(20)8-11/h3-8H,9H2,1-2H3,(H2,21,25). The van der Waals surface area contributed by atoms with Crippen LogP contribution in [0.25, 0.3) is 17.1 Å². The van der Waals surface area contributed by atoms with Gasteiger partial charge in [0, 0.05) is 5.02 Å². The number of methoxy groups -OCH3 is 2. The Morgan fingerprint density at radius 3 is 2.46 bits per heavy atom. The Labute approximate surface area is 175 Å². The molecule has 3 aromatic rings. The van der Waals surface area contributed by atoms with E-state index in [-0.39, 0.29) is 5.75 Å². The van der Waals surface area contributed by atoms with Crippen molar-refractivity contribution in [3.05, 3.63) is 46.4 Å². The number of hydrogen-bond donors (Lipinski definition) is 1. The predicted octanol–water partition coefficient (Wildman–Crippen LogP) is 3.84. The molecule has 3 rings (SSSR count). The highest BCUT2D eigenvalue weighted by Gasteiger charge is 2.20. The van der Waals surface area contributed by atoms with Gasteiger partial charge in [-0.25, -0.2) is 0 Å². The summed E-state index contributed by atoms with van der Waals surface area (Å²) in [4.78, 5) is 11.2. The normalized spacial score (nSPS) is 10.7. The highest BCUT2D eigenvalue weighted by molar-refractivity contribution is 7.99. The molecule has 0 radical (unpaired) electrons. The van der Waals surface area contributed by atoms with Crippen molar-refractivity contribution in [2.45, 2.75) is 5.16 Å². The third-order valence-electron chi connectivity index (χ3n) is 3.77. The average molecular weight is 439 g/mol. The molecule has 0 aliphatic rings. The Bertz CT molecular complexity index is 1030. The second-order valence-electron chi connectivity index (χ2n) is 5.56. The summed E-state index contributed by atoms with van der Waals surface area (Å²) in [6.45, 7) is 0. The van der Waals surface area contributed by atoms with Crippen molar-refractivity contribution in [2.24, 2.45) is 5.73 Å². The van der Waals surface area contributed by atoms with Crippen LogP contribution in [0.1, 0.15) is 0 Å². The van der Waals surface area contributed by atoms with Gasteiger partial charge in [-0.2, -0.15) is 0 Å². The number of benzene rings is 2. The molecule has 0 saturated carbocycles. The smallest absolute Gasteiger partial charge is 0.227 e. The van der Waals surface area contributed by atoms with Crippen LogP contribution in [0.2, 0.25) is 10.0 Å². The second kappa shape index (κ2) is 8.72. The molecule has 1 amide bonds. The van der Waals surface area contributed by atoms with Gasteiger partial charge in [-0.15, -0.1) is 10.2 Å². The molecule has 0 aliphatic carbocycles. The molecule has 0 bridgehead atoms. The van der Waals surface area contributed by atoms with E-state index < -0.39 is 5.91 Å². The van der Waals surface area contributed by atoms with Gasteiger partial charge < -0.3 is 15.2 Å². The SMILES string of the molecule is COc1ccc(-n2c(SCC(N)=O)nnc2-c2cc(Cl)ccc2OC)cc1Cl. The molecule has 0 saturated heterocycles. The number of nitrogens with zero attached hydrogens (tertiary/aromatic N) is 3. The van der Waals surface area contributed by atoms with Gasteiger partial charge >= 0.3 is 0 Å². The lowest BCUT2D eigenvalue weighted by Gasteiger charge is -2.14. The quantitative estimate of drug-likeness (QED) is 0.563. The Morgan fingerprint density at radius 1 is 1.11 bits per heavy atom. The number of carbonyl (C=O) groups is 1. The Morgan fingerprint density at radius 2 is 1.82 bits per heavy atom. The van der Waals surface area contributed by atoms with Crippen LogP contribution in [-0.2, 0) is 4.79 Å². The molecule has 0 aliphatic heterocycles. The molecule has 0 fully saturated rings. The summed E-state index contributed by atoms with van der Waals surface area (Å²) in [6.07, 6.45) is 0. The summed E-state index contributed by atoms with van der Waals surface area (Å²) >= 11 is 13.6. The number of rotatable bonds is 7. The van der Waals surface area contributed by atoms with Crippen molar-refractivity contribution in [2.75, 3.05) is 20.0 Å². The number of ether oxygens (including phenoxy) is 2. The van der Waals surface area contributed by atoms with Crippen LogP contribution in [-0.4, -0.2) is 40.6 Å². The van der Waals surface area contributed by atoms with Crippen LogP contribution in [0.15, 0.2) is 41.6 Å². The van der Waals surface area contributed by atoms with E-state index in [4.69, 9.17) is 38.4 Å². The van der Waals surface area contributed by atoms with Gasteiger partial charge in [-0.1, -0.05) is 35.0 Å². The van der Waals surface area contributed by atoms with Gasteiger partial charge in [-0.3, -0.25) is 9.36 Å². The van der Waals surface area contributed by atoms with Crippen LogP contribution in [0.3, 0.4) is 0 Å². The average Bonchev–Trinajstić information content (AvgIpc) is 3.10. The van der Waals surface area contributed by atoms with Crippen molar-refractivity contribution < 1.29 is 14.3 Å². The summed E-state index contributed by atoms with van der Waals surface area (Å²) in [5.74, 6) is 1.17. The number of thioether (sulfide) groups is 1. The number of aromatic nitrogens is 3. The maximum atomic E-state index is 11.2. The number of amides is 1. The molecule has 7 nitrogen and oxygen atoms in total. The second-order valence-corrected chi connectivity index (χ2v) is 7.35. The topological polar surface area (TPSA) is 92.3 Å². The van der Waals surface area contributed by atoms with Crippen molar-refractivity contribution in [3.63, 3.8) is 0 Å². The minimum atomic E-state index is -0.464. The van der Waals surface area contributed by atoms with Crippen LogP contribution in [0.5, 0.6) is 11.5 Å². The van der Waals surface area contributed by atoms with E-state index in [0.29, 0.717) is 43.8 Å². The first kappa shape index (κ1) is 20.3. The van der Waals surface area contributed by atoms with Crippen molar-refractivity contribution in [1.82, 2.24) is 14.8 Å². The van der Waals surface area contributed by atoms with Gasteiger partial charge in [0.25, 0.3) is 0 Å². The van der Waals surface area contributed by atoms with Gasteiger partial charge in [0.2, 0.25) is 5.91 Å². The molecule has 2 N–H and O–H groups in total. The van der Waals surface area contributed by atoms with E-state index in [1.807, 2.05) is 6.07 Å². The minimum Gasteiger partial charge on any atom is -0.496 e. The number of carbonyl (C=O) groups excluding carboxylic acids is 1. The van der Waals surface area contributed by atoms with E-state index in [2.05, 4.69) is 10.2 Å². The summed E-state index contributed by atoms with van der Waals surface area (Å²) < 4.78 is 12.4. The van der Waals surface area contributed by atoms with Crippen LogP contribution in [0, 0.1) is 0 Å². The highest BCUT2D eigenvalue weighted by Crippen LogP contribution is 2.36. The van der Waals surface area contributed by atoms with Crippen LogP contribution >= 0.6 is 35.0 Å². The lowest BCUT2D eigenvalue weighted by atomic mass is 10.2. The van der Waals surface area contributed by atoms with E-state index in [9.17, 15) is 4.79 Å². The summed E-state index contributed by atoms with van der Waals surface area (Å²) in [5.41, 5.74) is 6.60. The number of halogens is 2. The van der Waals surface area contributed by atoms with Gasteiger partial charge in [0.15, 0.2) is 11.0 Å². The minimum absolute atomic E-state index is 0.0503. The summed E-state index contributed by atoms with van der Waals surface area (Å²) in [5, 5.41) is 9.91. The first-order valence-corrected chi connectivity index (χ1v) is 9.73. The molecule has 2 aromatic carbocycles. The fraction of sp³-hybridized carbons (Fsp3) is 0.167. The fourth-order valence-corrected chi connectivity index (χ4v) is 3.67. The first-order chi connectivity index (χ1) is 13.4. The Balaban J connectivity index is 2.20. The first-order valence-electron chi connectivity index (χ1n) is 7.99. The molecule has 1 heterocycles. The van der Waals surface area contributed by atoms with Crippen LogP contribution < -0.4 is 15.2 Å². The Hall–Kier alpha value is -2.42. The van der Waals surface area contributed by atoms with Gasteiger partial charge in [0.05, 0.1) is 36.2 Å². The van der Waals surface area contributed by atoms with E-state index in [1.54, 1.807) is 42.0 Å². The zero-order valence-corrected chi connectivity index (χ0v) is 17.3. The number of nitrogens with two attached hydrogens (primary N) is 1. The largest absolute Gasteiger partial charge is 0.496 e. The lowest BCUT2D eigenvalue weighted by molar-refractivity contribution is -0.115. The Kier molecular flexibility index (Phi) is 6.33. The maximum absolute atomic E-state index is 11.2. The van der Waals surface area contributed by atoms with E-state index in [0.717, 1.165) is 0 Å². The van der Waals surface area contributed by atoms with Gasteiger partial charge in [-0.05, 0) is 36.4 Å². The monoisotopic (exact) mass is 438 g/mol. The molecule has 0 unspecified atom stereocenters. The molecule has 146 valence electrons. The van der Waals surface area contributed by atoms with Crippen LogP contribution in [0.4, 0.5) is 0 Å². The number of hydrogen-bond acceptors (Lipinski definition) is 6. The third-order valence-corrected chi connectivity index (χ3v) is 5.25. The zero-order chi connectivity index (χ0) is 20.3. The predicted molar refractivity (Wildman–Crippen MR) is 110 cm³/mol. The van der Waals surface area contributed by atoms with E-state index in [1.165, 1.54) is 18.9 Å². The zero-order valence-electron chi connectivity index (χ0n) is 15.0. The molecule has 1 aromatic heterocycles. The van der Waals surface area contributed by atoms with Crippen molar-refractivity contribution in [1.29, 1.82) is 0 Å². The molecular weight excluding hydrogens is 423 g/mol. The van der Waals surface area contributed by atoms with Crippen molar-refractivity contribution in [3.8, 4) is 28.6 Å². The summed E-state index contributed by atoms with van der Waals surface area (Å²) in [7, 11) is 3.09. The molecule has 0 spiro atoms. The molecule has 0 atom stereocenters. The molecular formula is C18H16Cl2N4O3S. The summed E-state index contributed by atoms with van der Waals surface area (Å²) in [6, 6.07) is 10.5. The third kappa shape index (κ3) is 4.19. The maximum Gasteiger partial charge on any atom is 0.227 e. The fourth-order valence-electron chi connectivity index (χ4n) is 2.56. The molecule has 10 heteroatoms. The molecule has 28 heavy (non-hydrogen) atoms. The van der Waals surface area contributed by atoms with Crippen molar-refractivity contribution >= 4 is 40.9 Å². The lowest BCUT2D eigenvalue weighted by Crippen LogP contribution is -2.13. The highest BCUT2D eigenvalue weighted by atomic mass is 35.5. The van der Waals surface area contributed by atoms with Gasteiger partial charge in [0.1, 0.15) is 11.5 Å². The number of primary amides is 1. The van der Waals surface area contributed by atoms with E-state index >= 15 is 0 Å².